The molecule has 0 radical (unpaired) electrons. The Kier molecular flexibility index (Phi) is 4.71. The molecule has 0 saturated carbocycles. The minimum absolute atomic E-state index is 0.502. The van der Waals surface area contributed by atoms with Gasteiger partial charge < -0.3 is 4.74 Å². The minimum atomic E-state index is -0.502. The van der Waals surface area contributed by atoms with E-state index in [1.165, 1.54) is 33.0 Å². The SMILES string of the molecule is Clc1cc2c(cc1-c1ccc3cc(Br)ccc3c1)C1(c3ccccc3Oc3ccccc31)c1ccccc1-2. The van der Waals surface area contributed by atoms with E-state index in [0.717, 1.165) is 43.2 Å². The molecule has 0 unspecified atom stereocenters. The fraction of sp³-hybridized carbons (Fsp3) is 0.0286. The van der Waals surface area contributed by atoms with Gasteiger partial charge in [-0.3, -0.25) is 0 Å². The highest BCUT2D eigenvalue weighted by Gasteiger charge is 2.51. The monoisotopic (exact) mass is 570 g/mol. The zero-order valence-corrected chi connectivity index (χ0v) is 22.6. The van der Waals surface area contributed by atoms with Crippen molar-refractivity contribution in [1.29, 1.82) is 0 Å². The first-order valence-electron chi connectivity index (χ1n) is 12.6. The second-order valence-corrected chi connectivity index (χ2v) is 11.3. The average molecular weight is 572 g/mol. The summed E-state index contributed by atoms with van der Waals surface area (Å²) < 4.78 is 7.53. The second-order valence-electron chi connectivity index (χ2n) is 9.97. The minimum Gasteiger partial charge on any atom is -0.457 e. The van der Waals surface area contributed by atoms with Gasteiger partial charge in [-0.2, -0.15) is 0 Å². The lowest BCUT2D eigenvalue weighted by molar-refractivity contribution is 0.436. The molecule has 6 aromatic carbocycles. The first-order chi connectivity index (χ1) is 18.6. The Bertz CT molecular complexity index is 1890. The van der Waals surface area contributed by atoms with Gasteiger partial charge in [0.05, 0.1) is 5.41 Å². The Hall–Kier alpha value is -3.85. The zero-order chi connectivity index (χ0) is 25.4. The summed E-state index contributed by atoms with van der Waals surface area (Å²) in [7, 11) is 0. The smallest absolute Gasteiger partial charge is 0.132 e. The van der Waals surface area contributed by atoms with Gasteiger partial charge in [0, 0.05) is 26.2 Å². The van der Waals surface area contributed by atoms with Crippen molar-refractivity contribution in [2.45, 2.75) is 5.41 Å². The van der Waals surface area contributed by atoms with E-state index in [-0.39, 0.29) is 0 Å². The maximum absolute atomic E-state index is 7.08. The van der Waals surface area contributed by atoms with E-state index in [2.05, 4.69) is 125 Å². The molecule has 6 aromatic rings. The fourth-order valence-electron chi connectivity index (χ4n) is 6.48. The Morgan fingerprint density at radius 2 is 1.16 bits per heavy atom. The standard InChI is InChI=1S/C35H20BrClO/c36-24-16-15-21-17-23(14-13-22(21)18-24)26-19-31-27(20-32(26)37)25-7-1-2-8-28(25)35(31)29-9-3-5-11-33(29)38-34-12-6-4-10-30(34)35/h1-20H. The zero-order valence-electron chi connectivity index (χ0n) is 20.2. The maximum atomic E-state index is 7.08. The number of rotatable bonds is 1. The number of halogens is 2. The number of fused-ring (bicyclic) bond motifs is 10. The summed E-state index contributed by atoms with van der Waals surface area (Å²) in [5, 5.41) is 3.12. The van der Waals surface area contributed by atoms with E-state index < -0.39 is 5.41 Å². The van der Waals surface area contributed by atoms with Crippen molar-refractivity contribution in [3.05, 3.63) is 153 Å². The maximum Gasteiger partial charge on any atom is 0.132 e. The molecule has 0 fully saturated rings. The van der Waals surface area contributed by atoms with Gasteiger partial charge in [-0.15, -0.1) is 0 Å². The molecule has 0 bridgehead atoms. The Labute approximate surface area is 234 Å². The molecule has 1 aliphatic carbocycles. The number of hydrogen-bond donors (Lipinski definition) is 0. The molecule has 2 aliphatic rings. The summed E-state index contributed by atoms with van der Waals surface area (Å²) in [6.45, 7) is 0. The predicted molar refractivity (Wildman–Crippen MR) is 159 cm³/mol. The summed E-state index contributed by atoms with van der Waals surface area (Å²) in [5.41, 5.74) is 8.82. The quantitative estimate of drug-likeness (QED) is 0.190. The first kappa shape index (κ1) is 22.2. The van der Waals surface area contributed by atoms with Crippen LogP contribution >= 0.6 is 27.5 Å². The van der Waals surface area contributed by atoms with Crippen LogP contribution in [0.5, 0.6) is 11.5 Å². The van der Waals surface area contributed by atoms with Gasteiger partial charge in [-0.25, -0.2) is 0 Å². The molecule has 0 saturated heterocycles. The molecule has 3 heteroatoms. The average Bonchev–Trinajstić information content (AvgIpc) is 3.22. The normalized spacial score (nSPS) is 13.9. The van der Waals surface area contributed by atoms with E-state index in [4.69, 9.17) is 16.3 Å². The van der Waals surface area contributed by atoms with Crippen LogP contribution in [0.1, 0.15) is 22.3 Å². The topological polar surface area (TPSA) is 9.23 Å². The molecule has 1 aliphatic heterocycles. The van der Waals surface area contributed by atoms with E-state index in [9.17, 15) is 0 Å². The van der Waals surface area contributed by atoms with Crippen LogP contribution in [0.3, 0.4) is 0 Å². The summed E-state index contributed by atoms with van der Waals surface area (Å²) in [6.07, 6.45) is 0. The number of para-hydroxylation sites is 2. The third-order valence-corrected chi connectivity index (χ3v) is 8.85. The predicted octanol–water partition coefficient (Wildman–Crippen LogP) is 10.4. The van der Waals surface area contributed by atoms with Crippen molar-refractivity contribution in [2.24, 2.45) is 0 Å². The van der Waals surface area contributed by atoms with E-state index >= 15 is 0 Å². The van der Waals surface area contributed by atoms with Crippen molar-refractivity contribution >= 4 is 38.3 Å². The highest BCUT2D eigenvalue weighted by molar-refractivity contribution is 9.10. The van der Waals surface area contributed by atoms with Crippen molar-refractivity contribution in [3.63, 3.8) is 0 Å². The van der Waals surface area contributed by atoms with Crippen molar-refractivity contribution in [3.8, 4) is 33.8 Å². The van der Waals surface area contributed by atoms with Gasteiger partial charge in [0.2, 0.25) is 0 Å². The van der Waals surface area contributed by atoms with Crippen LogP contribution in [0.15, 0.2) is 126 Å². The molecule has 0 N–H and O–H groups in total. The largest absolute Gasteiger partial charge is 0.457 e. The third kappa shape index (κ3) is 2.93. The van der Waals surface area contributed by atoms with Crippen molar-refractivity contribution in [2.75, 3.05) is 0 Å². The van der Waals surface area contributed by atoms with Crippen molar-refractivity contribution in [1.82, 2.24) is 0 Å². The molecule has 1 nitrogen and oxygen atoms in total. The third-order valence-electron chi connectivity index (χ3n) is 8.05. The molecule has 180 valence electrons. The molecule has 1 spiro atoms. The summed E-state index contributed by atoms with van der Waals surface area (Å²) in [6, 6.07) is 43.0. The van der Waals surface area contributed by atoms with Gasteiger partial charge in [0.15, 0.2) is 0 Å². The summed E-state index contributed by atoms with van der Waals surface area (Å²) >= 11 is 10.7. The molecule has 8 rings (SSSR count). The van der Waals surface area contributed by atoms with E-state index in [1.807, 2.05) is 12.1 Å². The lowest BCUT2D eigenvalue weighted by Crippen LogP contribution is -2.32. The molecule has 0 aromatic heterocycles. The van der Waals surface area contributed by atoms with Gasteiger partial charge >= 0.3 is 0 Å². The molecule has 1 heterocycles. The van der Waals surface area contributed by atoms with Gasteiger partial charge in [-0.1, -0.05) is 106 Å². The van der Waals surface area contributed by atoms with Gasteiger partial charge in [0.1, 0.15) is 11.5 Å². The summed E-state index contributed by atoms with van der Waals surface area (Å²) in [4.78, 5) is 0. The number of benzene rings is 6. The molecular weight excluding hydrogens is 552 g/mol. The summed E-state index contributed by atoms with van der Waals surface area (Å²) in [5.74, 6) is 1.78. The molecular formula is C35H20BrClO. The molecule has 0 amide bonds. The van der Waals surface area contributed by atoms with Crippen LogP contribution in [0.25, 0.3) is 33.0 Å². The number of ether oxygens (including phenoxy) is 1. The first-order valence-corrected chi connectivity index (χ1v) is 13.8. The highest BCUT2D eigenvalue weighted by atomic mass is 79.9. The lowest BCUT2D eigenvalue weighted by Gasteiger charge is -2.39. The van der Waals surface area contributed by atoms with Crippen LogP contribution < -0.4 is 4.74 Å². The van der Waals surface area contributed by atoms with E-state index in [0.29, 0.717) is 0 Å². The van der Waals surface area contributed by atoms with Gasteiger partial charge in [0.25, 0.3) is 0 Å². The van der Waals surface area contributed by atoms with Crippen LogP contribution in [0, 0.1) is 0 Å². The highest BCUT2D eigenvalue weighted by Crippen LogP contribution is 2.62. The molecule has 38 heavy (non-hydrogen) atoms. The Morgan fingerprint density at radius 1 is 0.526 bits per heavy atom. The molecule has 0 atom stereocenters. The van der Waals surface area contributed by atoms with Crippen LogP contribution in [0.2, 0.25) is 5.02 Å². The lowest BCUT2D eigenvalue weighted by atomic mass is 9.66. The van der Waals surface area contributed by atoms with Crippen LogP contribution in [0.4, 0.5) is 0 Å². The Balaban J connectivity index is 1.48. The fourth-order valence-corrected chi connectivity index (χ4v) is 7.13. The van der Waals surface area contributed by atoms with Gasteiger partial charge in [-0.05, 0) is 81.1 Å². The van der Waals surface area contributed by atoms with E-state index in [1.54, 1.807) is 0 Å². The van der Waals surface area contributed by atoms with Crippen molar-refractivity contribution < 1.29 is 4.74 Å². The van der Waals surface area contributed by atoms with Crippen LogP contribution in [-0.4, -0.2) is 0 Å². The number of hydrogen-bond acceptors (Lipinski definition) is 1. The second kappa shape index (κ2) is 8.07. The van der Waals surface area contributed by atoms with Crippen LogP contribution in [-0.2, 0) is 5.41 Å². The Morgan fingerprint density at radius 3 is 1.92 bits per heavy atom.